The van der Waals surface area contributed by atoms with Crippen LogP contribution in [0.5, 0.6) is 5.75 Å². The van der Waals surface area contributed by atoms with Crippen LogP contribution < -0.4 is 0 Å². The Morgan fingerprint density at radius 2 is 1.59 bits per heavy atom. The highest BCUT2D eigenvalue weighted by atomic mass is 127. The molecule has 0 fully saturated rings. The predicted octanol–water partition coefficient (Wildman–Crippen LogP) is 5.38. The summed E-state index contributed by atoms with van der Waals surface area (Å²) in [5, 5.41) is 10.1. The lowest BCUT2D eigenvalue weighted by Gasteiger charge is -2.21. The van der Waals surface area contributed by atoms with E-state index < -0.39 is 11.7 Å². The van der Waals surface area contributed by atoms with Gasteiger partial charge in [-0.1, -0.05) is 32.9 Å². The zero-order valence-electron chi connectivity index (χ0n) is 12.3. The molecule has 118 valence electrons. The first kappa shape index (κ1) is 17.1. The van der Waals surface area contributed by atoms with E-state index >= 15 is 0 Å². The molecule has 2 aromatic rings. The third-order valence-electron chi connectivity index (χ3n) is 3.27. The Balaban J connectivity index is 2.52. The number of nitrogens with zero attached hydrogens (tertiary/aromatic N) is 1. The molecule has 0 amide bonds. The zero-order valence-corrected chi connectivity index (χ0v) is 14.5. The molecule has 0 aliphatic heterocycles. The standard InChI is InChI=1S/C16H15F3INO/c1-15(2,3)11-8-12(21-14(20)13(11)22)9-4-6-10(7-5-9)16(17,18)19/h4-8,22H,1-3H3. The number of aromatic hydroxyl groups is 1. The smallest absolute Gasteiger partial charge is 0.416 e. The van der Waals surface area contributed by atoms with E-state index in [1.165, 1.54) is 12.1 Å². The largest absolute Gasteiger partial charge is 0.505 e. The molecule has 22 heavy (non-hydrogen) atoms. The maximum atomic E-state index is 12.6. The Morgan fingerprint density at radius 3 is 2.05 bits per heavy atom. The van der Waals surface area contributed by atoms with Gasteiger partial charge in [0.05, 0.1) is 11.3 Å². The second-order valence-electron chi connectivity index (χ2n) is 6.02. The number of aromatic nitrogens is 1. The van der Waals surface area contributed by atoms with Gasteiger partial charge in [0.15, 0.2) is 5.75 Å². The van der Waals surface area contributed by atoms with Gasteiger partial charge in [-0.05, 0) is 46.2 Å². The van der Waals surface area contributed by atoms with E-state index in [4.69, 9.17) is 0 Å². The van der Waals surface area contributed by atoms with E-state index in [2.05, 4.69) is 4.98 Å². The van der Waals surface area contributed by atoms with Crippen LogP contribution >= 0.6 is 22.6 Å². The van der Waals surface area contributed by atoms with Crippen molar-refractivity contribution in [2.75, 3.05) is 0 Å². The Hall–Kier alpha value is -1.31. The van der Waals surface area contributed by atoms with E-state index in [1.54, 1.807) is 6.07 Å². The van der Waals surface area contributed by atoms with Crippen molar-refractivity contribution in [2.24, 2.45) is 0 Å². The van der Waals surface area contributed by atoms with Crippen LogP contribution in [0.4, 0.5) is 13.2 Å². The van der Waals surface area contributed by atoms with Crippen LogP contribution in [0.15, 0.2) is 30.3 Å². The summed E-state index contributed by atoms with van der Waals surface area (Å²) in [7, 11) is 0. The lowest BCUT2D eigenvalue weighted by atomic mass is 9.86. The fourth-order valence-corrected chi connectivity index (χ4v) is 2.61. The normalized spacial score (nSPS) is 12.5. The van der Waals surface area contributed by atoms with Gasteiger partial charge in [-0.25, -0.2) is 4.98 Å². The molecule has 0 saturated heterocycles. The van der Waals surface area contributed by atoms with Gasteiger partial charge >= 0.3 is 6.18 Å². The molecule has 1 aromatic heterocycles. The van der Waals surface area contributed by atoms with Crippen molar-refractivity contribution >= 4 is 22.6 Å². The first-order valence-corrected chi connectivity index (χ1v) is 7.65. The van der Waals surface area contributed by atoms with Crippen molar-refractivity contribution in [3.05, 3.63) is 45.2 Å². The minimum absolute atomic E-state index is 0.115. The van der Waals surface area contributed by atoms with E-state index in [0.717, 1.165) is 12.1 Å². The van der Waals surface area contributed by atoms with E-state index in [1.807, 2.05) is 43.4 Å². The maximum Gasteiger partial charge on any atom is 0.416 e. The molecule has 0 radical (unpaired) electrons. The molecule has 1 N–H and O–H groups in total. The van der Waals surface area contributed by atoms with Gasteiger partial charge in [-0.3, -0.25) is 0 Å². The second kappa shape index (κ2) is 5.72. The van der Waals surface area contributed by atoms with Gasteiger partial charge in [0.2, 0.25) is 0 Å². The zero-order chi connectivity index (χ0) is 16.7. The predicted molar refractivity (Wildman–Crippen MR) is 87.8 cm³/mol. The van der Waals surface area contributed by atoms with Gasteiger partial charge in [0, 0.05) is 11.1 Å². The molecule has 0 unspecified atom stereocenters. The Kier molecular flexibility index (Phi) is 4.43. The van der Waals surface area contributed by atoms with Crippen LogP contribution in [-0.4, -0.2) is 10.1 Å². The van der Waals surface area contributed by atoms with Gasteiger partial charge in [-0.2, -0.15) is 13.2 Å². The number of hydrogen-bond acceptors (Lipinski definition) is 2. The third-order valence-corrected chi connectivity index (χ3v) is 4.02. The first-order valence-electron chi connectivity index (χ1n) is 6.58. The maximum absolute atomic E-state index is 12.6. The highest BCUT2D eigenvalue weighted by Crippen LogP contribution is 2.36. The third kappa shape index (κ3) is 3.53. The van der Waals surface area contributed by atoms with Crippen LogP contribution in [0.25, 0.3) is 11.3 Å². The monoisotopic (exact) mass is 421 g/mol. The summed E-state index contributed by atoms with van der Waals surface area (Å²) in [4.78, 5) is 4.26. The summed E-state index contributed by atoms with van der Waals surface area (Å²) >= 11 is 1.92. The molecule has 6 heteroatoms. The van der Waals surface area contributed by atoms with Crippen molar-refractivity contribution in [3.8, 4) is 17.0 Å². The quantitative estimate of drug-likeness (QED) is 0.496. The summed E-state index contributed by atoms with van der Waals surface area (Å²) in [5.41, 5.74) is 0.841. The number of halogens is 4. The molecule has 1 aromatic carbocycles. The van der Waals surface area contributed by atoms with Crippen molar-refractivity contribution in [1.82, 2.24) is 4.98 Å². The molecule has 0 aliphatic rings. The van der Waals surface area contributed by atoms with Gasteiger partial charge in [0.25, 0.3) is 0 Å². The molecule has 1 heterocycles. The lowest BCUT2D eigenvalue weighted by molar-refractivity contribution is -0.137. The van der Waals surface area contributed by atoms with Crippen LogP contribution in [0.2, 0.25) is 0 Å². The number of pyridine rings is 1. The average molecular weight is 421 g/mol. The first-order chi connectivity index (χ1) is 10.00. The summed E-state index contributed by atoms with van der Waals surface area (Å²) in [6.07, 6.45) is -4.36. The summed E-state index contributed by atoms with van der Waals surface area (Å²) in [6, 6.07) is 6.58. The lowest BCUT2D eigenvalue weighted by Crippen LogP contribution is -2.13. The van der Waals surface area contributed by atoms with Crippen LogP contribution in [-0.2, 0) is 11.6 Å². The van der Waals surface area contributed by atoms with Crippen LogP contribution in [0.1, 0.15) is 31.9 Å². The van der Waals surface area contributed by atoms with Gasteiger partial charge < -0.3 is 5.11 Å². The SMILES string of the molecule is CC(C)(C)c1cc(-c2ccc(C(F)(F)F)cc2)nc(I)c1O. The fraction of sp³-hybridized carbons (Fsp3) is 0.312. The van der Waals surface area contributed by atoms with Gasteiger partial charge in [-0.15, -0.1) is 0 Å². The van der Waals surface area contributed by atoms with E-state index in [0.29, 0.717) is 20.5 Å². The van der Waals surface area contributed by atoms with Crippen molar-refractivity contribution in [3.63, 3.8) is 0 Å². The van der Waals surface area contributed by atoms with Gasteiger partial charge in [0.1, 0.15) is 3.70 Å². The average Bonchev–Trinajstić information content (AvgIpc) is 2.39. The molecular formula is C16H15F3INO. The Morgan fingerprint density at radius 1 is 1.05 bits per heavy atom. The minimum Gasteiger partial charge on any atom is -0.505 e. The number of benzene rings is 1. The van der Waals surface area contributed by atoms with Crippen molar-refractivity contribution < 1.29 is 18.3 Å². The Labute approximate surface area is 140 Å². The van der Waals surface area contributed by atoms with E-state index in [9.17, 15) is 18.3 Å². The van der Waals surface area contributed by atoms with Crippen molar-refractivity contribution in [1.29, 1.82) is 0 Å². The number of rotatable bonds is 1. The van der Waals surface area contributed by atoms with Crippen LogP contribution in [0.3, 0.4) is 0 Å². The molecule has 0 spiro atoms. The summed E-state index contributed by atoms with van der Waals surface area (Å²) < 4.78 is 38.3. The highest BCUT2D eigenvalue weighted by molar-refractivity contribution is 14.1. The molecular weight excluding hydrogens is 406 g/mol. The number of hydrogen-bond donors (Lipinski definition) is 1. The molecule has 2 nitrogen and oxygen atoms in total. The topological polar surface area (TPSA) is 33.1 Å². The summed E-state index contributed by atoms with van der Waals surface area (Å²) in [6.45, 7) is 5.86. The summed E-state index contributed by atoms with van der Waals surface area (Å²) in [5.74, 6) is 0.115. The Bertz CT molecular complexity index is 688. The molecule has 0 atom stereocenters. The highest BCUT2D eigenvalue weighted by Gasteiger charge is 2.30. The molecule has 2 rings (SSSR count). The van der Waals surface area contributed by atoms with Crippen molar-refractivity contribution in [2.45, 2.75) is 32.4 Å². The van der Waals surface area contributed by atoms with Crippen LogP contribution in [0, 0.1) is 3.70 Å². The second-order valence-corrected chi connectivity index (χ2v) is 7.04. The van der Waals surface area contributed by atoms with E-state index in [-0.39, 0.29) is 11.2 Å². The minimum atomic E-state index is -4.36. The number of alkyl halides is 3. The molecule has 0 saturated carbocycles. The molecule has 0 aliphatic carbocycles. The fourth-order valence-electron chi connectivity index (χ4n) is 2.06. The molecule has 0 bridgehead atoms.